The average Bonchev–Trinajstić information content (AvgIpc) is 3.26. The number of aryl methyl sites for hydroxylation is 1. The maximum Gasteiger partial charge on any atom is 0.255 e. The molecule has 0 fully saturated rings. The van der Waals surface area contributed by atoms with Gasteiger partial charge in [-0.2, -0.15) is 0 Å². The predicted molar refractivity (Wildman–Crippen MR) is 109 cm³/mol. The van der Waals surface area contributed by atoms with E-state index in [1.54, 1.807) is 54.7 Å². The smallest absolute Gasteiger partial charge is 0.255 e. The second-order valence-electron chi connectivity index (χ2n) is 6.43. The lowest BCUT2D eigenvalue weighted by molar-refractivity contribution is -0.115. The highest BCUT2D eigenvalue weighted by atomic mass is 16.2. The van der Waals surface area contributed by atoms with Crippen LogP contribution in [-0.2, 0) is 11.2 Å². The molecule has 0 radical (unpaired) electrons. The first-order chi connectivity index (χ1) is 14.1. The fourth-order valence-corrected chi connectivity index (χ4v) is 3.02. The van der Waals surface area contributed by atoms with E-state index < -0.39 is 0 Å². The molecule has 0 atom stereocenters. The molecule has 3 heterocycles. The third-order valence-electron chi connectivity index (χ3n) is 4.46. The lowest BCUT2D eigenvalue weighted by Gasteiger charge is -2.12. The minimum absolute atomic E-state index is 0.0836. The van der Waals surface area contributed by atoms with Crippen LogP contribution in [0.4, 0.5) is 5.69 Å². The Kier molecular flexibility index (Phi) is 4.98. The van der Waals surface area contributed by atoms with Crippen LogP contribution < -0.4 is 10.9 Å². The molecule has 3 aromatic heterocycles. The van der Waals surface area contributed by atoms with Crippen molar-refractivity contribution in [2.24, 2.45) is 0 Å². The van der Waals surface area contributed by atoms with E-state index in [1.807, 2.05) is 24.3 Å². The number of H-pyrrole nitrogens is 1. The maximum absolute atomic E-state index is 12.6. The lowest BCUT2D eigenvalue weighted by atomic mass is 10.1. The number of benzene rings is 1. The van der Waals surface area contributed by atoms with Crippen molar-refractivity contribution in [3.63, 3.8) is 0 Å². The topological polar surface area (TPSA) is 106 Å². The zero-order valence-corrected chi connectivity index (χ0v) is 15.7. The van der Waals surface area contributed by atoms with E-state index in [4.69, 9.17) is 0 Å². The number of carbonyl (C=O) groups excluding carboxylic acids is 1. The molecule has 1 amide bonds. The van der Waals surface area contributed by atoms with Gasteiger partial charge in [0.15, 0.2) is 0 Å². The minimum Gasteiger partial charge on any atom is -0.324 e. The number of aromatic nitrogens is 5. The highest BCUT2D eigenvalue weighted by Gasteiger charge is 2.15. The number of rotatable bonds is 5. The number of amides is 1. The number of nitrogens with zero attached hydrogens (tertiary/aromatic N) is 4. The molecule has 0 saturated carbocycles. The van der Waals surface area contributed by atoms with Crippen molar-refractivity contribution in [1.29, 1.82) is 0 Å². The number of para-hydroxylation sites is 2. The Bertz CT molecular complexity index is 1200. The van der Waals surface area contributed by atoms with E-state index in [0.29, 0.717) is 28.3 Å². The Labute approximate surface area is 166 Å². The first-order valence-electron chi connectivity index (χ1n) is 8.99. The molecular formula is C21H18N6O2. The van der Waals surface area contributed by atoms with Crippen LogP contribution in [0.15, 0.2) is 72.3 Å². The zero-order valence-electron chi connectivity index (χ0n) is 15.7. The first kappa shape index (κ1) is 18.3. The van der Waals surface area contributed by atoms with E-state index in [2.05, 4.69) is 25.3 Å². The van der Waals surface area contributed by atoms with E-state index in [1.165, 1.54) is 0 Å². The number of nitrogens with one attached hydrogen (secondary N) is 2. The largest absolute Gasteiger partial charge is 0.324 e. The molecule has 29 heavy (non-hydrogen) atoms. The van der Waals surface area contributed by atoms with Gasteiger partial charge in [-0.3, -0.25) is 14.6 Å². The van der Waals surface area contributed by atoms with Crippen LogP contribution >= 0.6 is 0 Å². The summed E-state index contributed by atoms with van der Waals surface area (Å²) in [6, 6.07) is 11.0. The molecule has 0 aliphatic rings. The van der Waals surface area contributed by atoms with Gasteiger partial charge in [0.2, 0.25) is 5.91 Å². The molecule has 1 aromatic carbocycles. The number of hydrogen-bond acceptors (Lipinski definition) is 5. The fourth-order valence-electron chi connectivity index (χ4n) is 3.02. The maximum atomic E-state index is 12.6. The van der Waals surface area contributed by atoms with Gasteiger partial charge in [-0.15, -0.1) is 0 Å². The molecule has 0 aliphatic carbocycles. The number of pyridine rings is 1. The number of anilines is 1. The Hall–Kier alpha value is -4.07. The van der Waals surface area contributed by atoms with Gasteiger partial charge in [0, 0.05) is 41.6 Å². The van der Waals surface area contributed by atoms with Crippen molar-refractivity contribution in [3.05, 3.63) is 89.1 Å². The number of hydrogen-bond donors (Lipinski definition) is 2. The summed E-state index contributed by atoms with van der Waals surface area (Å²) in [6.45, 7) is 1.72. The van der Waals surface area contributed by atoms with Crippen molar-refractivity contribution in [3.8, 4) is 17.1 Å². The molecule has 4 aromatic rings. The number of imidazole rings is 1. The van der Waals surface area contributed by atoms with Gasteiger partial charge in [-0.25, -0.2) is 9.97 Å². The molecule has 2 N–H and O–H groups in total. The Morgan fingerprint density at radius 1 is 1.14 bits per heavy atom. The summed E-state index contributed by atoms with van der Waals surface area (Å²) in [5, 5.41) is 2.87. The monoisotopic (exact) mass is 386 g/mol. The van der Waals surface area contributed by atoms with Gasteiger partial charge in [-0.1, -0.05) is 12.1 Å². The summed E-state index contributed by atoms with van der Waals surface area (Å²) < 4.78 is 1.80. The summed E-state index contributed by atoms with van der Waals surface area (Å²) in [4.78, 5) is 40.4. The third kappa shape index (κ3) is 3.96. The average molecular weight is 386 g/mol. The van der Waals surface area contributed by atoms with Crippen molar-refractivity contribution in [1.82, 2.24) is 24.5 Å². The van der Waals surface area contributed by atoms with Crippen LogP contribution in [0.1, 0.15) is 11.3 Å². The zero-order chi connectivity index (χ0) is 20.2. The number of carbonyl (C=O) groups is 1. The quantitative estimate of drug-likeness (QED) is 0.548. The summed E-state index contributed by atoms with van der Waals surface area (Å²) >= 11 is 0. The van der Waals surface area contributed by atoms with E-state index in [9.17, 15) is 9.59 Å². The van der Waals surface area contributed by atoms with Crippen LogP contribution in [0.3, 0.4) is 0 Å². The fraction of sp³-hybridized carbons (Fsp3) is 0.0952. The molecule has 0 saturated heterocycles. The summed E-state index contributed by atoms with van der Waals surface area (Å²) in [6.07, 6.45) is 8.30. The van der Waals surface area contributed by atoms with Crippen LogP contribution in [0.25, 0.3) is 17.1 Å². The third-order valence-corrected chi connectivity index (χ3v) is 4.46. The normalized spacial score (nSPS) is 10.7. The molecule has 0 unspecified atom stereocenters. The van der Waals surface area contributed by atoms with Gasteiger partial charge in [-0.05, 0) is 31.2 Å². The van der Waals surface area contributed by atoms with Crippen molar-refractivity contribution in [2.45, 2.75) is 13.3 Å². The van der Waals surface area contributed by atoms with Crippen LogP contribution in [0.2, 0.25) is 0 Å². The Balaban J connectivity index is 1.56. The molecular weight excluding hydrogens is 368 g/mol. The second kappa shape index (κ2) is 7.89. The van der Waals surface area contributed by atoms with Crippen LogP contribution in [-0.4, -0.2) is 30.4 Å². The van der Waals surface area contributed by atoms with Crippen molar-refractivity contribution >= 4 is 11.6 Å². The van der Waals surface area contributed by atoms with Gasteiger partial charge in [0.25, 0.3) is 5.56 Å². The first-order valence-corrected chi connectivity index (χ1v) is 8.99. The number of aromatic amines is 1. The standard InChI is InChI=1S/C21H18N6O2/c1-14-16(21(29)26-20(24-14)15-5-4-8-22-12-15)11-19(28)25-17-6-2-3-7-18(17)27-10-9-23-13-27/h2-10,12-13H,11H2,1H3,(H,25,28)(H,24,26,29). The molecule has 0 aliphatic heterocycles. The van der Waals surface area contributed by atoms with Crippen molar-refractivity contribution in [2.75, 3.05) is 5.32 Å². The Morgan fingerprint density at radius 2 is 2.00 bits per heavy atom. The SMILES string of the molecule is Cc1nc(-c2cccnc2)[nH]c(=O)c1CC(=O)Nc1ccccc1-n1ccnc1. The van der Waals surface area contributed by atoms with E-state index >= 15 is 0 Å². The highest BCUT2D eigenvalue weighted by Crippen LogP contribution is 2.20. The van der Waals surface area contributed by atoms with E-state index in [0.717, 1.165) is 5.69 Å². The van der Waals surface area contributed by atoms with Gasteiger partial charge in [0.05, 0.1) is 24.1 Å². The minimum atomic E-state index is -0.339. The molecule has 8 heteroatoms. The lowest BCUT2D eigenvalue weighted by Crippen LogP contribution is -2.24. The van der Waals surface area contributed by atoms with Gasteiger partial charge in [0.1, 0.15) is 5.82 Å². The molecule has 0 spiro atoms. The molecule has 8 nitrogen and oxygen atoms in total. The molecule has 144 valence electrons. The Morgan fingerprint density at radius 3 is 2.72 bits per heavy atom. The van der Waals surface area contributed by atoms with Gasteiger partial charge < -0.3 is 14.9 Å². The molecule has 0 bridgehead atoms. The predicted octanol–water partition coefficient (Wildman–Crippen LogP) is 2.51. The van der Waals surface area contributed by atoms with Crippen molar-refractivity contribution < 1.29 is 4.79 Å². The summed E-state index contributed by atoms with van der Waals surface area (Å²) in [5.74, 6) is 0.123. The summed E-state index contributed by atoms with van der Waals surface area (Å²) in [5.41, 5.74) is 2.62. The van der Waals surface area contributed by atoms with E-state index in [-0.39, 0.29) is 17.9 Å². The summed E-state index contributed by atoms with van der Waals surface area (Å²) in [7, 11) is 0. The molecule has 4 rings (SSSR count). The second-order valence-corrected chi connectivity index (χ2v) is 6.43. The van der Waals surface area contributed by atoms with Crippen LogP contribution in [0.5, 0.6) is 0 Å². The van der Waals surface area contributed by atoms with Crippen LogP contribution in [0, 0.1) is 6.92 Å². The highest BCUT2D eigenvalue weighted by molar-refractivity contribution is 5.94. The van der Waals surface area contributed by atoms with Gasteiger partial charge >= 0.3 is 0 Å².